The third kappa shape index (κ3) is 5.00. The Labute approximate surface area is 120 Å². The highest BCUT2D eigenvalue weighted by Crippen LogP contribution is 2.28. The SMILES string of the molecule is COCCC(C)(O)CNC(C)c1cc(OC)ccc1O. The van der Waals surface area contributed by atoms with Gasteiger partial charge in [-0.2, -0.15) is 0 Å². The standard InChI is InChI=1S/C15H25NO4/c1-11(16-10-15(2,18)7-8-19-3)13-9-12(20-4)5-6-14(13)17/h5-6,9,11,16-18H,7-8,10H2,1-4H3. The van der Waals surface area contributed by atoms with Crippen LogP contribution in [-0.2, 0) is 4.74 Å². The molecular formula is C15H25NO4. The van der Waals surface area contributed by atoms with Gasteiger partial charge in [0.2, 0.25) is 0 Å². The van der Waals surface area contributed by atoms with E-state index in [0.29, 0.717) is 25.3 Å². The summed E-state index contributed by atoms with van der Waals surface area (Å²) in [6, 6.07) is 5.01. The summed E-state index contributed by atoms with van der Waals surface area (Å²) in [6.07, 6.45) is 0.549. The molecule has 1 aromatic carbocycles. The van der Waals surface area contributed by atoms with Gasteiger partial charge in [0.15, 0.2) is 0 Å². The number of hydrogen-bond acceptors (Lipinski definition) is 5. The topological polar surface area (TPSA) is 71.0 Å². The van der Waals surface area contributed by atoms with E-state index in [1.54, 1.807) is 39.3 Å². The minimum atomic E-state index is -0.848. The van der Waals surface area contributed by atoms with Gasteiger partial charge in [0.1, 0.15) is 11.5 Å². The molecule has 0 saturated carbocycles. The molecule has 0 aromatic heterocycles. The Morgan fingerprint density at radius 3 is 2.65 bits per heavy atom. The normalized spacial score (nSPS) is 15.7. The maximum atomic E-state index is 10.2. The van der Waals surface area contributed by atoms with E-state index < -0.39 is 5.60 Å². The Morgan fingerprint density at radius 2 is 2.05 bits per heavy atom. The first-order valence-electron chi connectivity index (χ1n) is 6.71. The fourth-order valence-corrected chi connectivity index (χ4v) is 1.90. The molecule has 0 radical (unpaired) electrons. The molecular weight excluding hydrogens is 258 g/mol. The van der Waals surface area contributed by atoms with Gasteiger partial charge in [0, 0.05) is 38.3 Å². The van der Waals surface area contributed by atoms with Crippen molar-refractivity contribution in [1.29, 1.82) is 0 Å². The van der Waals surface area contributed by atoms with Gasteiger partial charge < -0.3 is 25.0 Å². The lowest BCUT2D eigenvalue weighted by molar-refractivity contribution is 0.0230. The van der Waals surface area contributed by atoms with E-state index in [1.165, 1.54) is 0 Å². The Bertz CT molecular complexity index is 420. The Hall–Kier alpha value is -1.30. The van der Waals surface area contributed by atoms with Crippen LogP contribution >= 0.6 is 0 Å². The molecule has 3 N–H and O–H groups in total. The van der Waals surface area contributed by atoms with Crippen LogP contribution in [0.2, 0.25) is 0 Å². The molecule has 5 nitrogen and oxygen atoms in total. The van der Waals surface area contributed by atoms with Crippen LogP contribution in [0.15, 0.2) is 18.2 Å². The van der Waals surface area contributed by atoms with Crippen LogP contribution in [0.3, 0.4) is 0 Å². The summed E-state index contributed by atoms with van der Waals surface area (Å²) in [7, 11) is 3.20. The summed E-state index contributed by atoms with van der Waals surface area (Å²) in [4.78, 5) is 0. The molecule has 0 amide bonds. The summed E-state index contributed by atoms with van der Waals surface area (Å²) in [6.45, 7) is 4.61. The van der Waals surface area contributed by atoms with Gasteiger partial charge >= 0.3 is 0 Å². The van der Waals surface area contributed by atoms with Gasteiger partial charge in [0.25, 0.3) is 0 Å². The Morgan fingerprint density at radius 1 is 1.35 bits per heavy atom. The van der Waals surface area contributed by atoms with Crippen molar-refractivity contribution in [2.45, 2.75) is 31.9 Å². The third-order valence-electron chi connectivity index (χ3n) is 3.34. The van der Waals surface area contributed by atoms with Crippen LogP contribution in [0.25, 0.3) is 0 Å². The molecule has 1 rings (SSSR count). The van der Waals surface area contributed by atoms with Crippen LogP contribution in [-0.4, -0.2) is 43.2 Å². The summed E-state index contributed by atoms with van der Waals surface area (Å²) in [5, 5.41) is 23.3. The lowest BCUT2D eigenvalue weighted by Crippen LogP contribution is -2.39. The van der Waals surface area contributed by atoms with Crippen molar-refractivity contribution in [3.8, 4) is 11.5 Å². The van der Waals surface area contributed by atoms with Crippen molar-refractivity contribution < 1.29 is 19.7 Å². The Kier molecular flexibility index (Phi) is 6.26. The first-order valence-corrected chi connectivity index (χ1v) is 6.71. The minimum Gasteiger partial charge on any atom is -0.508 e. The third-order valence-corrected chi connectivity index (χ3v) is 3.34. The maximum Gasteiger partial charge on any atom is 0.120 e. The molecule has 114 valence electrons. The van der Waals surface area contributed by atoms with Crippen molar-refractivity contribution in [2.24, 2.45) is 0 Å². The van der Waals surface area contributed by atoms with Crippen LogP contribution in [0, 0.1) is 0 Å². The molecule has 20 heavy (non-hydrogen) atoms. The number of methoxy groups -OCH3 is 2. The van der Waals surface area contributed by atoms with Gasteiger partial charge in [-0.1, -0.05) is 0 Å². The fraction of sp³-hybridized carbons (Fsp3) is 0.600. The molecule has 0 fully saturated rings. The first-order chi connectivity index (χ1) is 9.39. The average Bonchev–Trinajstić information content (AvgIpc) is 2.43. The van der Waals surface area contributed by atoms with E-state index in [-0.39, 0.29) is 11.8 Å². The first kappa shape index (κ1) is 16.8. The van der Waals surface area contributed by atoms with E-state index in [4.69, 9.17) is 9.47 Å². The van der Waals surface area contributed by atoms with E-state index in [0.717, 1.165) is 5.56 Å². The molecule has 0 aliphatic heterocycles. The zero-order valence-electron chi connectivity index (χ0n) is 12.6. The number of hydrogen-bond donors (Lipinski definition) is 3. The van der Waals surface area contributed by atoms with Crippen LogP contribution in [0.1, 0.15) is 31.9 Å². The van der Waals surface area contributed by atoms with Crippen molar-refractivity contribution in [1.82, 2.24) is 5.32 Å². The van der Waals surface area contributed by atoms with Crippen molar-refractivity contribution in [2.75, 3.05) is 27.4 Å². The summed E-state index contributed by atoms with van der Waals surface area (Å²) < 4.78 is 10.1. The number of aromatic hydroxyl groups is 1. The summed E-state index contributed by atoms with van der Waals surface area (Å²) in [5.41, 5.74) is -0.106. The van der Waals surface area contributed by atoms with E-state index >= 15 is 0 Å². The number of phenols is 1. The molecule has 0 heterocycles. The van der Waals surface area contributed by atoms with Gasteiger partial charge in [0.05, 0.1) is 12.7 Å². The highest BCUT2D eigenvalue weighted by atomic mass is 16.5. The van der Waals surface area contributed by atoms with Crippen molar-refractivity contribution in [3.05, 3.63) is 23.8 Å². The smallest absolute Gasteiger partial charge is 0.120 e. The highest BCUT2D eigenvalue weighted by molar-refractivity contribution is 5.41. The van der Waals surface area contributed by atoms with Gasteiger partial charge in [-0.15, -0.1) is 0 Å². The molecule has 0 saturated heterocycles. The maximum absolute atomic E-state index is 10.2. The number of rotatable bonds is 8. The second-order valence-corrected chi connectivity index (χ2v) is 5.27. The second-order valence-electron chi connectivity index (χ2n) is 5.27. The van der Waals surface area contributed by atoms with Crippen LogP contribution in [0.4, 0.5) is 0 Å². The zero-order chi connectivity index (χ0) is 15.2. The molecule has 2 atom stereocenters. The van der Waals surface area contributed by atoms with Crippen LogP contribution < -0.4 is 10.1 Å². The molecule has 0 aliphatic carbocycles. The lowest BCUT2D eigenvalue weighted by Gasteiger charge is -2.26. The molecule has 0 aliphatic rings. The second kappa shape index (κ2) is 7.47. The number of ether oxygens (including phenoxy) is 2. The Balaban J connectivity index is 2.64. The van der Waals surface area contributed by atoms with Gasteiger partial charge in [-0.3, -0.25) is 0 Å². The van der Waals surface area contributed by atoms with Crippen molar-refractivity contribution in [3.63, 3.8) is 0 Å². The van der Waals surface area contributed by atoms with E-state index in [2.05, 4.69) is 5.32 Å². The quantitative estimate of drug-likeness (QED) is 0.679. The summed E-state index contributed by atoms with van der Waals surface area (Å²) in [5.74, 6) is 0.903. The average molecular weight is 283 g/mol. The van der Waals surface area contributed by atoms with Gasteiger partial charge in [-0.25, -0.2) is 0 Å². The number of aliphatic hydroxyl groups is 1. The largest absolute Gasteiger partial charge is 0.508 e. The minimum absolute atomic E-state index is 0.0980. The van der Waals surface area contributed by atoms with Crippen molar-refractivity contribution >= 4 is 0 Å². The monoisotopic (exact) mass is 283 g/mol. The number of benzene rings is 1. The molecule has 5 heteroatoms. The van der Waals surface area contributed by atoms with Crippen LogP contribution in [0.5, 0.6) is 11.5 Å². The molecule has 0 spiro atoms. The summed E-state index contributed by atoms with van der Waals surface area (Å²) >= 11 is 0. The number of phenolic OH excluding ortho intramolecular Hbond substituents is 1. The van der Waals surface area contributed by atoms with E-state index in [1.807, 2.05) is 6.92 Å². The highest BCUT2D eigenvalue weighted by Gasteiger charge is 2.21. The molecule has 1 aromatic rings. The van der Waals surface area contributed by atoms with E-state index in [9.17, 15) is 10.2 Å². The number of nitrogens with one attached hydrogen (secondary N) is 1. The molecule has 2 unspecified atom stereocenters. The predicted octanol–water partition coefficient (Wildman–Crippen LogP) is 1.84. The fourth-order valence-electron chi connectivity index (χ4n) is 1.90. The predicted molar refractivity (Wildman–Crippen MR) is 78.2 cm³/mol. The van der Waals surface area contributed by atoms with Gasteiger partial charge in [-0.05, 0) is 32.0 Å². The lowest BCUT2D eigenvalue weighted by atomic mass is 10.0. The zero-order valence-corrected chi connectivity index (χ0v) is 12.6. The molecule has 0 bridgehead atoms.